The molecule has 0 spiro atoms. The molecule has 138 valence electrons. The van der Waals surface area contributed by atoms with Gasteiger partial charge in [0.05, 0.1) is 17.8 Å². The van der Waals surface area contributed by atoms with Gasteiger partial charge < -0.3 is 5.32 Å². The number of allylic oxidation sites excluding steroid dienone is 1. The first-order valence-corrected chi connectivity index (χ1v) is 9.84. The molecule has 0 aliphatic heterocycles. The van der Waals surface area contributed by atoms with Crippen LogP contribution in [0.4, 0.5) is 0 Å². The average Bonchev–Trinajstić information content (AvgIpc) is 3.23. The Morgan fingerprint density at radius 2 is 2.12 bits per heavy atom. The van der Waals surface area contributed by atoms with Crippen LogP contribution in [0.15, 0.2) is 31.5 Å². The Labute approximate surface area is 154 Å². The first-order chi connectivity index (χ1) is 12.6. The molecular weight excluding hydrogens is 324 g/mol. The van der Waals surface area contributed by atoms with Crippen molar-refractivity contribution in [1.29, 1.82) is 0 Å². The summed E-state index contributed by atoms with van der Waals surface area (Å²) >= 11 is 0. The number of aromatic nitrogens is 5. The van der Waals surface area contributed by atoms with Crippen LogP contribution in [0.5, 0.6) is 0 Å². The second kappa shape index (κ2) is 5.78. The quantitative estimate of drug-likeness (QED) is 0.812. The van der Waals surface area contributed by atoms with Crippen molar-refractivity contribution in [2.24, 2.45) is 11.8 Å². The summed E-state index contributed by atoms with van der Waals surface area (Å²) in [4.78, 5) is 4.24. The number of nitrogens with one attached hydrogen (secondary N) is 1. The Bertz CT molecular complexity index is 790. The van der Waals surface area contributed by atoms with E-state index >= 15 is 0 Å². The van der Waals surface area contributed by atoms with Crippen molar-refractivity contribution in [2.45, 2.75) is 69.6 Å². The smallest absolute Gasteiger partial charge is 0.137 e. The number of hydrogen-bond acceptors (Lipinski definition) is 4. The molecule has 0 saturated heterocycles. The van der Waals surface area contributed by atoms with Gasteiger partial charge in [0.1, 0.15) is 12.7 Å². The molecule has 4 saturated carbocycles. The largest absolute Gasteiger partial charge is 0.307 e. The fraction of sp³-hybridized carbons (Fsp3) is 0.650. The van der Waals surface area contributed by atoms with Gasteiger partial charge in [-0.15, -0.1) is 6.58 Å². The Morgan fingerprint density at radius 3 is 2.81 bits per heavy atom. The van der Waals surface area contributed by atoms with E-state index in [9.17, 15) is 0 Å². The highest BCUT2D eigenvalue weighted by molar-refractivity contribution is 5.18. The maximum absolute atomic E-state index is 4.60. The van der Waals surface area contributed by atoms with Crippen molar-refractivity contribution in [3.8, 4) is 0 Å². The second-order valence-electron chi connectivity index (χ2n) is 8.91. The summed E-state index contributed by atoms with van der Waals surface area (Å²) in [5.41, 5.74) is 2.84. The third-order valence-electron chi connectivity index (χ3n) is 6.95. The van der Waals surface area contributed by atoms with E-state index in [1.165, 1.54) is 44.1 Å². The maximum atomic E-state index is 4.60. The fourth-order valence-corrected chi connectivity index (χ4v) is 6.38. The number of nitrogens with zero attached hydrogens (tertiary/aromatic N) is 5. The summed E-state index contributed by atoms with van der Waals surface area (Å²) in [5, 5.41) is 13.1. The van der Waals surface area contributed by atoms with Gasteiger partial charge in [0.25, 0.3) is 0 Å². The molecule has 0 amide bonds. The SMILES string of the molecule is C=CCn1cc(CNC23C[C@@H]4C[C@@H](C2)CC(n2cncn2)(C4)C3)c(C)n1. The molecule has 2 heterocycles. The van der Waals surface area contributed by atoms with E-state index in [1.54, 1.807) is 6.33 Å². The average molecular weight is 352 g/mol. The number of hydrogen-bond donors (Lipinski definition) is 1. The summed E-state index contributed by atoms with van der Waals surface area (Å²) in [7, 11) is 0. The van der Waals surface area contributed by atoms with Gasteiger partial charge in [0, 0.05) is 23.8 Å². The van der Waals surface area contributed by atoms with E-state index in [-0.39, 0.29) is 11.1 Å². The highest BCUT2D eigenvalue weighted by Gasteiger charge is 2.58. The summed E-state index contributed by atoms with van der Waals surface area (Å²) in [6.45, 7) is 7.58. The third kappa shape index (κ3) is 2.54. The van der Waals surface area contributed by atoms with Gasteiger partial charge >= 0.3 is 0 Å². The maximum Gasteiger partial charge on any atom is 0.137 e. The molecule has 0 unspecified atom stereocenters. The lowest BCUT2D eigenvalue weighted by molar-refractivity contribution is -0.0788. The van der Waals surface area contributed by atoms with Gasteiger partial charge in [-0.3, -0.25) is 4.68 Å². The summed E-state index contributed by atoms with van der Waals surface area (Å²) in [6, 6.07) is 0. The number of aryl methyl sites for hydroxylation is 1. The van der Waals surface area contributed by atoms with E-state index < -0.39 is 0 Å². The summed E-state index contributed by atoms with van der Waals surface area (Å²) < 4.78 is 4.16. The van der Waals surface area contributed by atoms with Crippen molar-refractivity contribution in [3.05, 3.63) is 42.8 Å². The highest BCUT2D eigenvalue weighted by Crippen LogP contribution is 2.60. The predicted molar refractivity (Wildman–Crippen MR) is 99.4 cm³/mol. The van der Waals surface area contributed by atoms with E-state index in [4.69, 9.17) is 0 Å². The Morgan fingerprint density at radius 1 is 1.31 bits per heavy atom. The minimum absolute atomic E-state index is 0.176. The van der Waals surface area contributed by atoms with Crippen LogP contribution in [0.2, 0.25) is 0 Å². The van der Waals surface area contributed by atoms with Crippen LogP contribution in [0.1, 0.15) is 49.8 Å². The molecule has 26 heavy (non-hydrogen) atoms. The Balaban J connectivity index is 1.38. The minimum Gasteiger partial charge on any atom is -0.307 e. The molecular formula is C20H28N6. The van der Waals surface area contributed by atoms with Gasteiger partial charge in [0.15, 0.2) is 0 Å². The van der Waals surface area contributed by atoms with Crippen LogP contribution in [0, 0.1) is 18.8 Å². The molecule has 4 fully saturated rings. The molecule has 1 N–H and O–H groups in total. The number of rotatable bonds is 6. The lowest BCUT2D eigenvalue weighted by Gasteiger charge is -2.62. The van der Waals surface area contributed by atoms with Crippen LogP contribution in [-0.4, -0.2) is 30.1 Å². The molecule has 0 aromatic carbocycles. The van der Waals surface area contributed by atoms with Gasteiger partial charge in [-0.2, -0.15) is 10.2 Å². The molecule has 2 aromatic rings. The normalized spacial score (nSPS) is 35.1. The third-order valence-corrected chi connectivity index (χ3v) is 6.95. The zero-order valence-corrected chi connectivity index (χ0v) is 15.6. The Kier molecular flexibility index (Phi) is 3.61. The van der Waals surface area contributed by atoms with E-state index in [1.807, 2.05) is 17.1 Å². The molecule has 4 aliphatic carbocycles. The molecule has 6 nitrogen and oxygen atoms in total. The van der Waals surface area contributed by atoms with E-state index in [2.05, 4.69) is 44.9 Å². The topological polar surface area (TPSA) is 60.6 Å². The molecule has 4 aliphatic rings. The highest BCUT2D eigenvalue weighted by atomic mass is 15.4. The van der Waals surface area contributed by atoms with Crippen LogP contribution < -0.4 is 5.32 Å². The molecule has 6 rings (SSSR count). The predicted octanol–water partition coefficient (Wildman–Crippen LogP) is 2.81. The van der Waals surface area contributed by atoms with Gasteiger partial charge in [-0.1, -0.05) is 6.08 Å². The molecule has 4 bridgehead atoms. The zero-order chi connectivity index (χ0) is 17.8. The monoisotopic (exact) mass is 352 g/mol. The van der Waals surface area contributed by atoms with Crippen molar-refractivity contribution in [1.82, 2.24) is 29.9 Å². The molecule has 2 aromatic heterocycles. The summed E-state index contributed by atoms with van der Waals surface area (Å²) in [5.74, 6) is 1.63. The standard InChI is InChI=1S/C20H28N6/c1-3-4-25-11-18(15(2)24-25)10-22-19-6-16-5-17(7-19)9-20(8-16,12-19)26-14-21-13-23-26/h3,11,13-14,16-17,22H,1,4-10,12H2,2H3/t16-,17-,19?,20?/m0/s1. The first-order valence-electron chi connectivity index (χ1n) is 9.84. The second-order valence-corrected chi connectivity index (χ2v) is 8.91. The lowest BCUT2D eigenvalue weighted by Crippen LogP contribution is -2.64. The van der Waals surface area contributed by atoms with Crippen LogP contribution in [-0.2, 0) is 18.6 Å². The van der Waals surface area contributed by atoms with E-state index in [0.717, 1.165) is 30.6 Å². The van der Waals surface area contributed by atoms with Gasteiger partial charge in [0.2, 0.25) is 0 Å². The zero-order valence-electron chi connectivity index (χ0n) is 15.6. The lowest BCUT2D eigenvalue weighted by atomic mass is 9.50. The first kappa shape index (κ1) is 16.2. The van der Waals surface area contributed by atoms with Gasteiger partial charge in [-0.25, -0.2) is 9.67 Å². The van der Waals surface area contributed by atoms with Gasteiger partial charge in [-0.05, 0) is 57.3 Å². The Hall–Kier alpha value is -1.95. The van der Waals surface area contributed by atoms with Crippen LogP contribution in [0.25, 0.3) is 0 Å². The molecule has 6 heteroatoms. The van der Waals surface area contributed by atoms with E-state index in [0.29, 0.717) is 0 Å². The van der Waals surface area contributed by atoms with Crippen molar-refractivity contribution in [3.63, 3.8) is 0 Å². The summed E-state index contributed by atoms with van der Waals surface area (Å²) in [6.07, 6.45) is 15.4. The van der Waals surface area contributed by atoms with Crippen molar-refractivity contribution in [2.75, 3.05) is 0 Å². The van der Waals surface area contributed by atoms with Crippen molar-refractivity contribution < 1.29 is 0 Å². The van der Waals surface area contributed by atoms with Crippen LogP contribution >= 0.6 is 0 Å². The fourth-order valence-electron chi connectivity index (χ4n) is 6.38. The molecule has 2 atom stereocenters. The molecule has 0 radical (unpaired) electrons. The van der Waals surface area contributed by atoms with Crippen LogP contribution in [0.3, 0.4) is 0 Å². The minimum atomic E-state index is 0.176. The van der Waals surface area contributed by atoms with Crippen molar-refractivity contribution >= 4 is 0 Å².